The second-order valence-corrected chi connectivity index (χ2v) is 14.7. The molecule has 6 aromatic rings. The number of aromatic amines is 2. The molecule has 0 unspecified atom stereocenters. The van der Waals surface area contributed by atoms with Crippen LogP contribution in [0.1, 0.15) is 90.6 Å². The molecule has 2 aliphatic rings. The summed E-state index contributed by atoms with van der Waals surface area (Å²) >= 11 is 0. The van der Waals surface area contributed by atoms with Crippen LogP contribution >= 0.6 is 0 Å². The minimum atomic E-state index is -0.882. The molecule has 0 spiro atoms. The summed E-state index contributed by atoms with van der Waals surface area (Å²) in [5.74, 6) is 1.76. The van der Waals surface area contributed by atoms with Gasteiger partial charge in [-0.25, -0.2) is 14.8 Å². The molecule has 4 aromatic carbocycles. The van der Waals surface area contributed by atoms with Gasteiger partial charge in [-0.15, -0.1) is 0 Å². The number of H-pyrrole nitrogens is 2. The molecule has 0 saturated carbocycles. The molecule has 2 fully saturated rings. The van der Waals surface area contributed by atoms with Crippen LogP contribution in [0.2, 0.25) is 0 Å². The maximum Gasteiger partial charge on any atom is 0.407 e. The van der Waals surface area contributed by atoms with Crippen LogP contribution in [0.5, 0.6) is 0 Å². The normalized spacial score (nSPS) is 17.9. The zero-order valence-corrected chi connectivity index (χ0v) is 31.7. The van der Waals surface area contributed by atoms with Gasteiger partial charge in [-0.05, 0) is 79.8 Å². The number of carbonyl (C=O) groups is 3. The number of likely N-dealkylation sites (tertiary alicyclic amines) is 2. The van der Waals surface area contributed by atoms with Crippen LogP contribution < -0.4 is 5.32 Å². The third kappa shape index (κ3) is 7.64. The molecule has 0 aliphatic carbocycles. The first-order valence-corrected chi connectivity index (χ1v) is 19.4. The molecule has 3 amide bonds. The Balaban J connectivity index is 0.900. The summed E-state index contributed by atoms with van der Waals surface area (Å²) in [5, 5.41) is 10.3. The smallest absolute Gasteiger partial charge is 0.407 e. The molecule has 0 radical (unpaired) electrons. The van der Waals surface area contributed by atoms with Gasteiger partial charge in [-0.1, -0.05) is 91.0 Å². The molecular weight excluding hydrogens is 705 g/mol. The van der Waals surface area contributed by atoms with E-state index in [2.05, 4.69) is 50.8 Å². The number of aromatic nitrogens is 5. The van der Waals surface area contributed by atoms with E-state index >= 15 is 0 Å². The SMILES string of the molecule is COC(=O)N[C@@H](C(=O)N1CCC[C@H]1c1nc(-c2ccc(CCc3ccc4[nH]c([C@@H]5CCCN5C(=O)[C@H](C)c5ccccc5)nc4c3)cc2)n[nH]1)c1ccccc1. The maximum atomic E-state index is 13.9. The van der Waals surface area contributed by atoms with Crippen molar-refractivity contribution in [2.24, 2.45) is 0 Å². The van der Waals surface area contributed by atoms with E-state index in [0.717, 1.165) is 73.1 Å². The van der Waals surface area contributed by atoms with Crippen LogP contribution in [0.15, 0.2) is 103 Å². The van der Waals surface area contributed by atoms with Gasteiger partial charge in [0, 0.05) is 18.7 Å². The average Bonchev–Trinajstić information content (AvgIpc) is 4.08. The number of benzene rings is 4. The number of alkyl carbamates (subject to hydrolysis) is 1. The summed E-state index contributed by atoms with van der Waals surface area (Å²) in [4.78, 5) is 56.7. The van der Waals surface area contributed by atoms with Crippen molar-refractivity contribution in [3.63, 3.8) is 0 Å². The molecule has 2 aromatic heterocycles. The standard InChI is InChI=1S/C44H46N8O4/c1-28(31-11-5-3-6-12-31)42(53)51-25-9-15-36(51)40-45-34-24-21-30(27-35(34)46-40)18-17-29-19-22-33(23-20-29)39-48-41(50-49-39)37-16-10-26-52(37)43(54)38(47-44(55)56-2)32-13-7-4-8-14-32/h3-8,11-14,19-24,27-28,36-38H,9-10,15-18,25-26H2,1-2H3,(H,45,46)(H,47,55)(H,48,49,50)/t28-,36+,37+,38-/m1/s1. The molecule has 2 aliphatic heterocycles. The second-order valence-electron chi connectivity index (χ2n) is 14.7. The van der Waals surface area contributed by atoms with E-state index in [9.17, 15) is 14.4 Å². The first-order valence-electron chi connectivity index (χ1n) is 19.4. The number of imidazole rings is 1. The Morgan fingerprint density at radius 2 is 1.39 bits per heavy atom. The van der Waals surface area contributed by atoms with Gasteiger partial charge in [0.2, 0.25) is 5.91 Å². The number of ether oxygens (including phenoxy) is 1. The van der Waals surface area contributed by atoms with E-state index in [-0.39, 0.29) is 29.8 Å². The molecule has 56 heavy (non-hydrogen) atoms. The monoisotopic (exact) mass is 750 g/mol. The highest BCUT2D eigenvalue weighted by molar-refractivity contribution is 5.87. The fourth-order valence-electron chi connectivity index (χ4n) is 8.08. The molecule has 12 heteroatoms. The van der Waals surface area contributed by atoms with Gasteiger partial charge in [-0.2, -0.15) is 5.10 Å². The molecule has 2 saturated heterocycles. The quantitative estimate of drug-likeness (QED) is 0.125. The first-order chi connectivity index (χ1) is 27.4. The topological polar surface area (TPSA) is 149 Å². The fourth-order valence-corrected chi connectivity index (χ4v) is 8.08. The van der Waals surface area contributed by atoms with Crippen LogP contribution in [0.3, 0.4) is 0 Å². The molecule has 8 rings (SSSR count). The highest BCUT2D eigenvalue weighted by Gasteiger charge is 2.38. The van der Waals surface area contributed by atoms with Crippen molar-refractivity contribution >= 4 is 28.9 Å². The lowest BCUT2D eigenvalue weighted by atomic mass is 9.99. The Bertz CT molecular complexity index is 2310. The summed E-state index contributed by atoms with van der Waals surface area (Å²) in [6, 6.07) is 32.6. The summed E-state index contributed by atoms with van der Waals surface area (Å²) in [7, 11) is 1.28. The Kier molecular flexibility index (Phi) is 10.6. The van der Waals surface area contributed by atoms with Crippen LogP contribution in [0.25, 0.3) is 22.4 Å². The predicted octanol–water partition coefficient (Wildman–Crippen LogP) is 7.36. The molecule has 286 valence electrons. The van der Waals surface area contributed by atoms with Gasteiger partial charge in [-0.3, -0.25) is 14.7 Å². The average molecular weight is 751 g/mol. The first kappa shape index (κ1) is 36.7. The number of carbonyl (C=O) groups excluding carboxylic acids is 3. The molecule has 12 nitrogen and oxygen atoms in total. The van der Waals surface area contributed by atoms with Crippen molar-refractivity contribution in [2.45, 2.75) is 69.5 Å². The zero-order chi connectivity index (χ0) is 38.6. The van der Waals surface area contributed by atoms with E-state index in [1.165, 1.54) is 18.2 Å². The Morgan fingerprint density at radius 1 is 0.768 bits per heavy atom. The molecule has 0 bridgehead atoms. The number of hydrogen-bond donors (Lipinski definition) is 3. The third-order valence-corrected chi connectivity index (χ3v) is 11.2. The van der Waals surface area contributed by atoms with Gasteiger partial charge >= 0.3 is 6.09 Å². The van der Waals surface area contributed by atoms with E-state index in [1.807, 2.05) is 84.6 Å². The number of aryl methyl sites for hydroxylation is 2. The number of methoxy groups -OCH3 is 1. The van der Waals surface area contributed by atoms with Crippen LogP contribution in [-0.4, -0.2) is 73.1 Å². The van der Waals surface area contributed by atoms with Crippen molar-refractivity contribution in [3.8, 4) is 11.4 Å². The van der Waals surface area contributed by atoms with Gasteiger partial charge in [0.15, 0.2) is 5.82 Å². The number of nitrogens with one attached hydrogen (secondary N) is 3. The van der Waals surface area contributed by atoms with Crippen molar-refractivity contribution in [1.29, 1.82) is 0 Å². The van der Waals surface area contributed by atoms with Gasteiger partial charge in [0.05, 0.1) is 36.1 Å². The molecule has 4 heterocycles. The van der Waals surface area contributed by atoms with Crippen LogP contribution in [0.4, 0.5) is 4.79 Å². The number of amides is 3. The number of rotatable bonds is 11. The number of hydrogen-bond acceptors (Lipinski definition) is 7. The second kappa shape index (κ2) is 16.2. The Hall–Kier alpha value is -6.30. The highest BCUT2D eigenvalue weighted by atomic mass is 16.5. The van der Waals surface area contributed by atoms with E-state index < -0.39 is 12.1 Å². The number of fused-ring (bicyclic) bond motifs is 1. The Labute approximate surface area is 325 Å². The Morgan fingerprint density at radius 3 is 2.09 bits per heavy atom. The van der Waals surface area contributed by atoms with Crippen LogP contribution in [0, 0.1) is 0 Å². The molecule has 3 N–H and O–H groups in total. The fraction of sp³-hybridized carbons (Fsp3) is 0.318. The van der Waals surface area contributed by atoms with Gasteiger partial charge in [0.25, 0.3) is 5.91 Å². The van der Waals surface area contributed by atoms with Crippen LogP contribution in [-0.2, 0) is 27.2 Å². The van der Waals surface area contributed by atoms with Crippen molar-refractivity contribution in [2.75, 3.05) is 20.2 Å². The zero-order valence-electron chi connectivity index (χ0n) is 31.7. The summed E-state index contributed by atoms with van der Waals surface area (Å²) in [6.07, 6.45) is 4.44. The van der Waals surface area contributed by atoms with Crippen molar-refractivity contribution < 1.29 is 19.1 Å². The summed E-state index contributed by atoms with van der Waals surface area (Å²) in [6.45, 7) is 3.28. The van der Waals surface area contributed by atoms with Gasteiger partial charge < -0.3 is 24.8 Å². The lowest BCUT2D eigenvalue weighted by molar-refractivity contribution is -0.135. The van der Waals surface area contributed by atoms with E-state index in [0.29, 0.717) is 23.8 Å². The van der Waals surface area contributed by atoms with Gasteiger partial charge in [0.1, 0.15) is 17.7 Å². The lowest BCUT2D eigenvalue weighted by Gasteiger charge is -2.28. The summed E-state index contributed by atoms with van der Waals surface area (Å²) < 4.78 is 4.82. The maximum absolute atomic E-state index is 13.9. The predicted molar refractivity (Wildman–Crippen MR) is 212 cm³/mol. The van der Waals surface area contributed by atoms with Crippen molar-refractivity contribution in [1.82, 2.24) is 40.3 Å². The number of nitrogens with zero attached hydrogens (tertiary/aromatic N) is 5. The minimum Gasteiger partial charge on any atom is -0.453 e. The largest absolute Gasteiger partial charge is 0.453 e. The minimum absolute atomic E-state index is 0.0509. The lowest BCUT2D eigenvalue weighted by Crippen LogP contribution is -2.42. The third-order valence-electron chi connectivity index (χ3n) is 11.2. The molecule has 4 atom stereocenters. The summed E-state index contributed by atoms with van der Waals surface area (Å²) in [5.41, 5.74) is 6.88. The highest BCUT2D eigenvalue weighted by Crippen LogP contribution is 2.35. The molecular formula is C44H46N8O4. The van der Waals surface area contributed by atoms with E-state index in [1.54, 1.807) is 4.90 Å². The van der Waals surface area contributed by atoms with Crippen molar-refractivity contribution in [3.05, 3.63) is 137 Å². The van der Waals surface area contributed by atoms with E-state index in [4.69, 9.17) is 14.7 Å².